The molecule has 2 rings (SSSR count). The van der Waals surface area contributed by atoms with Crippen LogP contribution < -0.4 is 5.32 Å². The Balaban J connectivity index is 1.85. The van der Waals surface area contributed by atoms with E-state index in [1.54, 1.807) is 0 Å². The van der Waals surface area contributed by atoms with Crippen LogP contribution in [0.5, 0.6) is 0 Å². The minimum Gasteiger partial charge on any atom is -0.317 e. The first-order valence-electron chi connectivity index (χ1n) is 6.48. The van der Waals surface area contributed by atoms with Gasteiger partial charge in [-0.2, -0.15) is 0 Å². The summed E-state index contributed by atoms with van der Waals surface area (Å²) in [6.07, 6.45) is 2.57. The maximum atomic E-state index is 6.03. The second kappa shape index (κ2) is 6.76. The van der Waals surface area contributed by atoms with Crippen LogP contribution in [0.3, 0.4) is 0 Å². The Kier molecular flexibility index (Phi) is 5.31. The van der Waals surface area contributed by atoms with Crippen molar-refractivity contribution in [2.24, 2.45) is 5.92 Å². The number of hydrogen-bond donors (Lipinski definition) is 1. The normalized spacial score (nSPS) is 17.3. The molecule has 0 radical (unpaired) electrons. The molecule has 0 unspecified atom stereocenters. The van der Waals surface area contributed by atoms with Gasteiger partial charge in [-0.3, -0.25) is 0 Å². The molecule has 0 aliphatic carbocycles. The lowest BCUT2D eigenvalue weighted by Crippen LogP contribution is -2.34. The van der Waals surface area contributed by atoms with Gasteiger partial charge >= 0.3 is 0 Å². The van der Waals surface area contributed by atoms with E-state index in [0.29, 0.717) is 10.0 Å². The zero-order valence-corrected chi connectivity index (χ0v) is 12.3. The highest BCUT2D eigenvalue weighted by molar-refractivity contribution is 6.42. The minimum absolute atomic E-state index is 0.626. The van der Waals surface area contributed by atoms with Gasteiger partial charge in [0.1, 0.15) is 0 Å². The van der Waals surface area contributed by atoms with Gasteiger partial charge in [0.05, 0.1) is 10.0 Å². The highest BCUT2D eigenvalue weighted by Crippen LogP contribution is 2.23. The molecule has 1 fully saturated rings. The van der Waals surface area contributed by atoms with E-state index < -0.39 is 0 Å². The van der Waals surface area contributed by atoms with E-state index in [4.69, 9.17) is 23.2 Å². The largest absolute Gasteiger partial charge is 0.317 e. The molecule has 100 valence electrons. The molecule has 1 saturated heterocycles. The molecule has 0 amide bonds. The van der Waals surface area contributed by atoms with Gasteiger partial charge in [0, 0.05) is 13.1 Å². The second-order valence-corrected chi connectivity index (χ2v) is 5.95. The van der Waals surface area contributed by atoms with Crippen molar-refractivity contribution in [2.45, 2.75) is 19.4 Å². The average Bonchev–Trinajstić information content (AvgIpc) is 2.35. The molecule has 1 aliphatic heterocycles. The van der Waals surface area contributed by atoms with Gasteiger partial charge in [-0.15, -0.1) is 0 Å². The number of benzene rings is 1. The molecule has 1 heterocycles. The average molecular weight is 287 g/mol. The maximum Gasteiger partial charge on any atom is 0.0595 e. The third-order valence-corrected chi connectivity index (χ3v) is 4.20. The third-order valence-electron chi connectivity index (χ3n) is 3.47. The van der Waals surface area contributed by atoms with E-state index in [0.717, 1.165) is 32.1 Å². The van der Waals surface area contributed by atoms with Gasteiger partial charge < -0.3 is 10.2 Å². The Labute approximate surface area is 119 Å². The van der Waals surface area contributed by atoms with E-state index in [9.17, 15) is 0 Å². The Morgan fingerprint density at radius 2 is 1.94 bits per heavy atom. The Morgan fingerprint density at radius 1 is 1.22 bits per heavy atom. The van der Waals surface area contributed by atoms with E-state index in [1.807, 2.05) is 18.2 Å². The molecule has 0 aromatic heterocycles. The molecule has 1 aromatic rings. The second-order valence-electron chi connectivity index (χ2n) is 5.14. The number of rotatable bonds is 4. The fourth-order valence-corrected chi connectivity index (χ4v) is 2.84. The summed E-state index contributed by atoms with van der Waals surface area (Å²) in [5.74, 6) is 0.819. The summed E-state index contributed by atoms with van der Waals surface area (Å²) in [7, 11) is 2.17. The molecule has 0 saturated carbocycles. The van der Waals surface area contributed by atoms with Gasteiger partial charge in [-0.1, -0.05) is 29.3 Å². The van der Waals surface area contributed by atoms with Crippen LogP contribution in [0.4, 0.5) is 0 Å². The zero-order chi connectivity index (χ0) is 13.0. The lowest BCUT2D eigenvalue weighted by Gasteiger charge is -2.27. The number of nitrogens with one attached hydrogen (secondary N) is 1. The SMILES string of the molecule is CN(Cc1ccc(Cl)c(Cl)c1)CC1CCNCC1. The van der Waals surface area contributed by atoms with Crippen LogP contribution in [-0.2, 0) is 6.54 Å². The molecule has 1 aliphatic rings. The predicted molar refractivity (Wildman–Crippen MR) is 78.4 cm³/mol. The van der Waals surface area contributed by atoms with Crippen LogP contribution in [0.25, 0.3) is 0 Å². The summed E-state index contributed by atoms with van der Waals surface area (Å²) in [6.45, 7) is 4.40. The summed E-state index contributed by atoms with van der Waals surface area (Å²) in [6, 6.07) is 5.88. The van der Waals surface area contributed by atoms with Crippen molar-refractivity contribution in [2.75, 3.05) is 26.7 Å². The Hall–Kier alpha value is -0.280. The Bertz CT molecular complexity index is 389. The van der Waals surface area contributed by atoms with Crippen LogP contribution in [0, 0.1) is 5.92 Å². The van der Waals surface area contributed by atoms with Gasteiger partial charge in [0.2, 0.25) is 0 Å². The fraction of sp³-hybridized carbons (Fsp3) is 0.571. The van der Waals surface area contributed by atoms with Crippen molar-refractivity contribution in [3.63, 3.8) is 0 Å². The van der Waals surface area contributed by atoms with Crippen LogP contribution in [0.15, 0.2) is 18.2 Å². The summed E-state index contributed by atoms with van der Waals surface area (Å²) in [4.78, 5) is 2.37. The van der Waals surface area contributed by atoms with Crippen molar-refractivity contribution in [3.8, 4) is 0 Å². The van der Waals surface area contributed by atoms with Gasteiger partial charge in [0.15, 0.2) is 0 Å². The number of nitrogens with zero attached hydrogens (tertiary/aromatic N) is 1. The standard InChI is InChI=1S/C14H20Cl2N2/c1-18(9-11-4-6-17-7-5-11)10-12-2-3-13(15)14(16)8-12/h2-3,8,11,17H,4-7,9-10H2,1H3. The van der Waals surface area contributed by atoms with Gasteiger partial charge in [-0.05, 0) is 56.6 Å². The van der Waals surface area contributed by atoms with Crippen molar-refractivity contribution in [1.29, 1.82) is 0 Å². The number of piperidine rings is 1. The highest BCUT2D eigenvalue weighted by Gasteiger charge is 2.15. The Morgan fingerprint density at radius 3 is 2.61 bits per heavy atom. The highest BCUT2D eigenvalue weighted by atomic mass is 35.5. The summed E-state index contributed by atoms with van der Waals surface area (Å²) >= 11 is 12.0. The van der Waals surface area contributed by atoms with Crippen LogP contribution in [0.1, 0.15) is 18.4 Å². The van der Waals surface area contributed by atoms with E-state index in [1.165, 1.54) is 18.4 Å². The summed E-state index contributed by atoms with van der Waals surface area (Å²) in [5, 5.41) is 4.67. The molecule has 0 spiro atoms. The van der Waals surface area contributed by atoms with Crippen LogP contribution in [-0.4, -0.2) is 31.6 Å². The van der Waals surface area contributed by atoms with Crippen LogP contribution in [0.2, 0.25) is 10.0 Å². The molecule has 4 heteroatoms. The molecular weight excluding hydrogens is 267 g/mol. The monoisotopic (exact) mass is 286 g/mol. The van der Waals surface area contributed by atoms with E-state index in [2.05, 4.69) is 17.3 Å². The molecular formula is C14H20Cl2N2. The fourth-order valence-electron chi connectivity index (χ4n) is 2.52. The first-order chi connectivity index (χ1) is 8.65. The molecule has 0 atom stereocenters. The minimum atomic E-state index is 0.626. The van der Waals surface area contributed by atoms with Crippen molar-refractivity contribution >= 4 is 23.2 Å². The van der Waals surface area contributed by atoms with Crippen molar-refractivity contribution < 1.29 is 0 Å². The van der Waals surface area contributed by atoms with Crippen molar-refractivity contribution in [3.05, 3.63) is 33.8 Å². The zero-order valence-electron chi connectivity index (χ0n) is 10.8. The lowest BCUT2D eigenvalue weighted by molar-refractivity contribution is 0.234. The van der Waals surface area contributed by atoms with Gasteiger partial charge in [0.25, 0.3) is 0 Å². The maximum absolute atomic E-state index is 6.03. The molecule has 1 N–H and O–H groups in total. The molecule has 0 bridgehead atoms. The lowest BCUT2D eigenvalue weighted by atomic mass is 9.97. The summed E-state index contributed by atoms with van der Waals surface area (Å²) < 4.78 is 0. The smallest absolute Gasteiger partial charge is 0.0595 e. The summed E-state index contributed by atoms with van der Waals surface area (Å²) in [5.41, 5.74) is 1.22. The number of hydrogen-bond acceptors (Lipinski definition) is 2. The molecule has 1 aromatic carbocycles. The van der Waals surface area contributed by atoms with E-state index >= 15 is 0 Å². The quantitative estimate of drug-likeness (QED) is 0.912. The molecule has 2 nitrogen and oxygen atoms in total. The molecule has 18 heavy (non-hydrogen) atoms. The first-order valence-corrected chi connectivity index (χ1v) is 7.24. The van der Waals surface area contributed by atoms with Gasteiger partial charge in [-0.25, -0.2) is 0 Å². The van der Waals surface area contributed by atoms with Crippen molar-refractivity contribution in [1.82, 2.24) is 10.2 Å². The van der Waals surface area contributed by atoms with E-state index in [-0.39, 0.29) is 0 Å². The number of halogens is 2. The first kappa shape index (κ1) is 14.1. The topological polar surface area (TPSA) is 15.3 Å². The van der Waals surface area contributed by atoms with Crippen LogP contribution >= 0.6 is 23.2 Å². The predicted octanol–water partition coefficient (Wildman–Crippen LogP) is 3.42. The third kappa shape index (κ3) is 4.13.